The summed E-state index contributed by atoms with van der Waals surface area (Å²) in [5.74, 6) is 3.15. The normalized spacial score (nSPS) is 25.4. The van der Waals surface area contributed by atoms with Crippen molar-refractivity contribution in [2.24, 2.45) is 23.7 Å². The van der Waals surface area contributed by atoms with Crippen LogP contribution in [0.2, 0.25) is 0 Å². The Balaban J connectivity index is 1.31. The predicted octanol–water partition coefficient (Wildman–Crippen LogP) is 7.88. The first-order chi connectivity index (χ1) is 16.0. The number of hydrogen-bond acceptors (Lipinski definition) is 4. The molecule has 2 aliphatic rings. The van der Waals surface area contributed by atoms with Gasteiger partial charge in [-0.15, -0.1) is 0 Å². The number of rotatable bonds is 11. The Hall–Kier alpha value is -1.84. The zero-order valence-electron chi connectivity index (χ0n) is 20.9. The molecule has 0 radical (unpaired) electrons. The number of carbonyl (C=O) groups is 2. The van der Waals surface area contributed by atoms with Crippen molar-refractivity contribution in [3.63, 3.8) is 0 Å². The van der Waals surface area contributed by atoms with Crippen LogP contribution in [0.5, 0.6) is 11.5 Å². The summed E-state index contributed by atoms with van der Waals surface area (Å²) < 4.78 is 10.6. The van der Waals surface area contributed by atoms with E-state index in [0.29, 0.717) is 11.5 Å². The van der Waals surface area contributed by atoms with Gasteiger partial charge in [-0.25, -0.2) is 0 Å². The number of esters is 2. The topological polar surface area (TPSA) is 52.6 Å². The fraction of sp³-hybridized carbons (Fsp3) is 0.724. The van der Waals surface area contributed by atoms with Gasteiger partial charge in [-0.05, 0) is 80.5 Å². The second-order valence-electron chi connectivity index (χ2n) is 10.4. The molecule has 184 valence electrons. The second kappa shape index (κ2) is 13.8. The molecule has 0 saturated heterocycles. The smallest absolute Gasteiger partial charge is 0.314 e. The maximum Gasteiger partial charge on any atom is 0.314 e. The predicted molar refractivity (Wildman–Crippen MR) is 132 cm³/mol. The molecule has 2 aliphatic carbocycles. The lowest BCUT2D eigenvalue weighted by Gasteiger charge is -2.37. The third-order valence-corrected chi connectivity index (χ3v) is 7.93. The van der Waals surface area contributed by atoms with Crippen molar-refractivity contribution in [1.29, 1.82) is 0 Å². The third-order valence-electron chi connectivity index (χ3n) is 7.93. The van der Waals surface area contributed by atoms with Crippen molar-refractivity contribution >= 4 is 11.9 Å². The van der Waals surface area contributed by atoms with E-state index in [0.717, 1.165) is 43.4 Å². The van der Waals surface area contributed by atoms with Crippen LogP contribution in [-0.2, 0) is 9.59 Å². The van der Waals surface area contributed by atoms with Gasteiger partial charge < -0.3 is 9.47 Å². The minimum atomic E-state index is -0.359. The average Bonchev–Trinajstić information content (AvgIpc) is 2.83. The number of hydrogen-bond donors (Lipinski definition) is 0. The molecule has 0 N–H and O–H groups in total. The Morgan fingerprint density at radius 3 is 1.82 bits per heavy atom. The van der Waals surface area contributed by atoms with Crippen molar-refractivity contribution < 1.29 is 19.1 Å². The Labute approximate surface area is 200 Å². The van der Waals surface area contributed by atoms with Crippen molar-refractivity contribution in [1.82, 2.24) is 0 Å². The van der Waals surface area contributed by atoms with Crippen LogP contribution in [0.25, 0.3) is 0 Å². The number of ether oxygens (including phenoxy) is 2. The van der Waals surface area contributed by atoms with Crippen LogP contribution in [0.15, 0.2) is 24.3 Å². The monoisotopic (exact) mass is 456 g/mol. The maximum atomic E-state index is 12.6. The zero-order valence-corrected chi connectivity index (χ0v) is 20.9. The van der Waals surface area contributed by atoms with Gasteiger partial charge in [0.15, 0.2) is 0 Å². The molecular weight excluding hydrogens is 412 g/mol. The van der Waals surface area contributed by atoms with E-state index >= 15 is 0 Å². The first kappa shape index (κ1) is 25.8. The molecule has 4 nitrogen and oxygen atoms in total. The van der Waals surface area contributed by atoms with Crippen LogP contribution in [0.1, 0.15) is 110 Å². The van der Waals surface area contributed by atoms with Gasteiger partial charge in [0.25, 0.3) is 0 Å². The van der Waals surface area contributed by atoms with Gasteiger partial charge in [0.05, 0.1) is 5.92 Å². The highest BCUT2D eigenvalue weighted by molar-refractivity contribution is 5.75. The van der Waals surface area contributed by atoms with E-state index in [1.807, 2.05) is 0 Å². The van der Waals surface area contributed by atoms with E-state index in [4.69, 9.17) is 9.47 Å². The second-order valence-corrected chi connectivity index (χ2v) is 10.4. The molecule has 3 rings (SSSR count). The van der Waals surface area contributed by atoms with Crippen molar-refractivity contribution in [2.45, 2.75) is 110 Å². The molecule has 0 atom stereocenters. The van der Waals surface area contributed by atoms with E-state index in [9.17, 15) is 9.59 Å². The fourth-order valence-electron chi connectivity index (χ4n) is 5.93. The molecule has 4 heteroatoms. The van der Waals surface area contributed by atoms with Crippen LogP contribution in [-0.4, -0.2) is 11.9 Å². The summed E-state index contributed by atoms with van der Waals surface area (Å²) >= 11 is 0. The van der Waals surface area contributed by atoms with E-state index in [1.165, 1.54) is 77.6 Å². The minimum absolute atomic E-state index is 0.0124. The summed E-state index contributed by atoms with van der Waals surface area (Å²) in [6.45, 7) is 3.65. The summed E-state index contributed by atoms with van der Waals surface area (Å²) in [5.41, 5.74) is 0. The highest BCUT2D eigenvalue weighted by atomic mass is 16.5. The number of unbranched alkanes of at least 4 members (excludes halogenated alkanes) is 5. The molecule has 0 aromatic heterocycles. The Bertz CT molecular complexity index is 710. The Morgan fingerprint density at radius 1 is 0.727 bits per heavy atom. The van der Waals surface area contributed by atoms with Crippen LogP contribution in [0.3, 0.4) is 0 Å². The standard InChI is InChI=1S/C29H44O4/c1-3-4-5-6-7-8-9-23-10-12-24(13-11-23)25-14-16-26(17-15-25)29(31)33-28-20-18-27(19-21-28)32-22(2)30/h18-21,23-26H,3-17H2,1-2H3. The largest absolute Gasteiger partial charge is 0.427 e. The highest BCUT2D eigenvalue weighted by Gasteiger charge is 2.33. The third kappa shape index (κ3) is 8.79. The summed E-state index contributed by atoms with van der Waals surface area (Å²) in [7, 11) is 0. The number of benzene rings is 1. The molecule has 1 aromatic rings. The molecule has 1 aromatic carbocycles. The summed E-state index contributed by atoms with van der Waals surface area (Å²) in [5, 5.41) is 0. The highest BCUT2D eigenvalue weighted by Crippen LogP contribution is 2.42. The van der Waals surface area contributed by atoms with Crippen molar-refractivity contribution in [3.8, 4) is 11.5 Å². The molecule has 33 heavy (non-hydrogen) atoms. The van der Waals surface area contributed by atoms with Crippen LogP contribution < -0.4 is 9.47 Å². The lowest BCUT2D eigenvalue weighted by atomic mass is 9.68. The summed E-state index contributed by atoms with van der Waals surface area (Å²) in [6.07, 6.45) is 19.7. The van der Waals surface area contributed by atoms with Gasteiger partial charge in [0, 0.05) is 6.92 Å². The molecular formula is C29H44O4. The average molecular weight is 457 g/mol. The molecule has 0 aliphatic heterocycles. The van der Waals surface area contributed by atoms with Gasteiger partial charge in [-0.1, -0.05) is 64.7 Å². The first-order valence-electron chi connectivity index (χ1n) is 13.5. The van der Waals surface area contributed by atoms with Gasteiger partial charge in [0.1, 0.15) is 11.5 Å². The van der Waals surface area contributed by atoms with Crippen LogP contribution >= 0.6 is 0 Å². The van der Waals surface area contributed by atoms with Crippen LogP contribution in [0, 0.1) is 23.7 Å². The van der Waals surface area contributed by atoms with E-state index in [-0.39, 0.29) is 17.9 Å². The van der Waals surface area contributed by atoms with E-state index < -0.39 is 0 Å². The SMILES string of the molecule is CCCCCCCCC1CCC(C2CCC(C(=O)Oc3ccc(OC(C)=O)cc3)CC2)CC1. The van der Waals surface area contributed by atoms with Crippen LogP contribution in [0.4, 0.5) is 0 Å². The van der Waals surface area contributed by atoms with Gasteiger partial charge >= 0.3 is 11.9 Å². The molecule has 2 fully saturated rings. The summed E-state index contributed by atoms with van der Waals surface area (Å²) in [4.78, 5) is 23.6. The fourth-order valence-corrected chi connectivity index (χ4v) is 5.93. The van der Waals surface area contributed by atoms with E-state index in [1.54, 1.807) is 24.3 Å². The lowest BCUT2D eigenvalue weighted by Crippen LogP contribution is -2.30. The molecule has 0 amide bonds. The maximum absolute atomic E-state index is 12.6. The zero-order chi connectivity index (χ0) is 23.5. The molecule has 2 saturated carbocycles. The molecule has 0 unspecified atom stereocenters. The Morgan fingerprint density at radius 2 is 1.24 bits per heavy atom. The summed E-state index contributed by atoms with van der Waals surface area (Å²) in [6, 6.07) is 6.68. The molecule has 0 heterocycles. The Kier molecular flexibility index (Phi) is 10.8. The van der Waals surface area contributed by atoms with Gasteiger partial charge in [-0.2, -0.15) is 0 Å². The first-order valence-corrected chi connectivity index (χ1v) is 13.5. The van der Waals surface area contributed by atoms with Crippen molar-refractivity contribution in [3.05, 3.63) is 24.3 Å². The van der Waals surface area contributed by atoms with Gasteiger partial charge in [-0.3, -0.25) is 9.59 Å². The minimum Gasteiger partial charge on any atom is -0.427 e. The lowest BCUT2D eigenvalue weighted by molar-refractivity contribution is -0.140. The molecule has 0 spiro atoms. The molecule has 0 bridgehead atoms. The quantitative estimate of drug-likeness (QED) is 0.193. The number of carbonyl (C=O) groups excluding carboxylic acids is 2. The van der Waals surface area contributed by atoms with E-state index in [2.05, 4.69) is 6.92 Å². The van der Waals surface area contributed by atoms with Gasteiger partial charge in [0.2, 0.25) is 0 Å². The van der Waals surface area contributed by atoms with Crippen molar-refractivity contribution in [2.75, 3.05) is 0 Å².